The fraction of sp³-hybridized carbons (Fsp3) is 0.500. The molecule has 5 N–H and O–H groups in total. The molecule has 5 amide bonds. The molecule has 6 heterocycles. The van der Waals surface area contributed by atoms with E-state index in [0.717, 1.165) is 0 Å². The zero-order chi connectivity index (χ0) is 62.9. The summed E-state index contributed by atoms with van der Waals surface area (Å²) in [5, 5.41) is 8.04. The number of rotatable bonds is 30. The van der Waals surface area contributed by atoms with Gasteiger partial charge in [0.2, 0.25) is 0 Å². The van der Waals surface area contributed by atoms with E-state index in [2.05, 4.69) is 29.1 Å². The molecule has 0 saturated heterocycles. The van der Waals surface area contributed by atoms with Crippen LogP contribution in [0.25, 0.3) is 0 Å². The van der Waals surface area contributed by atoms with Crippen molar-refractivity contribution < 1.29 is 111 Å². The summed E-state index contributed by atoms with van der Waals surface area (Å²) in [6, 6.07) is 0. The highest BCUT2D eigenvalue weighted by Crippen LogP contribution is 2.24. The average molecular weight is 1240 g/mol. The number of carbonyl (C=O) groups excluding carboxylic acids is 6. The average Bonchev–Trinajstić information content (AvgIpc) is 4.47. The Morgan fingerprint density at radius 3 is 1.14 bits per heavy atom. The lowest BCUT2D eigenvalue weighted by Gasteiger charge is -2.27. The van der Waals surface area contributed by atoms with E-state index in [9.17, 15) is 47.9 Å². The monoisotopic (exact) mass is 1240 g/mol. The van der Waals surface area contributed by atoms with Gasteiger partial charge in [-0.15, -0.1) is 0 Å². The number of aryl methyl sites for hydroxylation is 4. The third kappa shape index (κ3) is 23.5. The molecule has 35 nitrogen and oxygen atoms in total. The number of hydrogen-bond donors (Lipinski definition) is 4. The minimum Gasteiger partial charge on any atom is -0.457 e. The van der Waals surface area contributed by atoms with Gasteiger partial charge in [0.25, 0.3) is 11.9 Å². The van der Waals surface area contributed by atoms with Crippen LogP contribution in [0.1, 0.15) is 80.2 Å². The predicted octanol–water partition coefficient (Wildman–Crippen LogP) is 3.97. The van der Waals surface area contributed by atoms with E-state index in [1.165, 1.54) is 42.4 Å². The lowest BCUT2D eigenvalue weighted by molar-refractivity contribution is -0.143. The molecular weight excluding hydrogens is 1170 g/mol. The molecule has 480 valence electrons. The lowest BCUT2D eigenvalue weighted by atomic mass is 10.3. The van der Waals surface area contributed by atoms with Crippen LogP contribution in [0, 0.1) is 27.7 Å². The van der Waals surface area contributed by atoms with Gasteiger partial charge in [-0.25, -0.2) is 43.2 Å². The normalized spacial score (nSPS) is 12.3. The standard InChI is InChI=1S/C26H33N3O14.C25H32N4O14.CH4/c1-15-19(41-18(4)38-15)12-35-22(30)6-5-7-27-8-10-29(24(32)37-14-21-17(3)40-26(34)43-21)11-9-28-23(31)36-13-20-16(2)39-25(33)42-20;1-14-18(41-17(4)38-14)12-36-22(31)28(7-5-26)9-10-29(23(32)37-13-20-16(3)40-25(34)43-20)8-6-27-21(30)35-11-19-15(2)39-24(33)42-19;/h27H,4-14H2,1-3H3,(H,28,31);4-13,26H2,1-3H3,(H,27,30);1H4. The number of alkyl carbamates (subject to hydrolysis) is 2. The zero-order valence-electron chi connectivity index (χ0n) is 47.7. The topological polar surface area (TPSA) is 440 Å². The van der Waals surface area contributed by atoms with E-state index in [4.69, 9.17) is 88.4 Å². The molecule has 4 aromatic rings. The van der Waals surface area contributed by atoms with Crippen LogP contribution >= 0.6 is 0 Å². The number of allylic oxidation sites excluding steroid dienone is 2. The van der Waals surface area contributed by atoms with Crippen LogP contribution in [-0.4, -0.2) is 136 Å². The van der Waals surface area contributed by atoms with E-state index in [1.807, 2.05) is 0 Å². The quantitative estimate of drug-likeness (QED) is 0.0326. The van der Waals surface area contributed by atoms with Crippen LogP contribution in [0.2, 0.25) is 0 Å². The Morgan fingerprint density at radius 2 is 0.782 bits per heavy atom. The van der Waals surface area contributed by atoms with Gasteiger partial charge in [-0.1, -0.05) is 7.43 Å². The van der Waals surface area contributed by atoms with E-state index in [-0.39, 0.29) is 170 Å². The summed E-state index contributed by atoms with van der Waals surface area (Å²) in [6.07, 6.45) is -3.41. The summed E-state index contributed by atoms with van der Waals surface area (Å²) in [4.78, 5) is 123. The molecular formula is C52H69N7O28. The molecule has 0 bridgehead atoms. The second-order valence-electron chi connectivity index (χ2n) is 17.8. The van der Waals surface area contributed by atoms with Crippen molar-refractivity contribution in [3.05, 3.63) is 137 Å². The molecule has 0 radical (unpaired) electrons. The van der Waals surface area contributed by atoms with Crippen molar-refractivity contribution in [3.63, 3.8) is 0 Å². The molecule has 0 aromatic carbocycles. The van der Waals surface area contributed by atoms with E-state index in [0.29, 0.717) is 36.8 Å². The molecule has 4 aromatic heterocycles. The molecule has 6 rings (SSSR count). The third-order valence-corrected chi connectivity index (χ3v) is 11.6. The van der Waals surface area contributed by atoms with E-state index in [1.54, 1.807) is 13.8 Å². The van der Waals surface area contributed by atoms with Gasteiger partial charge in [0.15, 0.2) is 97.2 Å². The predicted molar refractivity (Wildman–Crippen MR) is 288 cm³/mol. The maximum atomic E-state index is 12.9. The second kappa shape index (κ2) is 34.7. The van der Waals surface area contributed by atoms with Crippen molar-refractivity contribution in [1.82, 2.24) is 30.7 Å². The minimum absolute atomic E-state index is 0. The van der Waals surface area contributed by atoms with Crippen molar-refractivity contribution in [2.24, 2.45) is 5.73 Å². The molecule has 2 aliphatic rings. The first-order valence-corrected chi connectivity index (χ1v) is 26.0. The number of ether oxygens (including phenoxy) is 10. The molecule has 0 unspecified atom stereocenters. The fourth-order valence-corrected chi connectivity index (χ4v) is 7.00. The lowest BCUT2D eigenvalue weighted by Crippen LogP contribution is -2.45. The fourth-order valence-electron chi connectivity index (χ4n) is 7.00. The van der Waals surface area contributed by atoms with Crippen molar-refractivity contribution in [3.8, 4) is 0 Å². The van der Waals surface area contributed by atoms with Gasteiger partial charge in [0, 0.05) is 71.9 Å². The van der Waals surface area contributed by atoms with Crippen LogP contribution in [0.4, 0.5) is 24.0 Å². The first kappa shape index (κ1) is 69.4. The van der Waals surface area contributed by atoms with Gasteiger partial charge in [0.05, 0.1) is 0 Å². The number of amides is 5. The highest BCUT2D eigenvalue weighted by Gasteiger charge is 2.26. The van der Waals surface area contributed by atoms with Gasteiger partial charge in [-0.2, -0.15) is 0 Å². The molecule has 35 heteroatoms. The molecule has 2 aliphatic heterocycles. The Bertz CT molecular complexity index is 3310. The zero-order valence-corrected chi connectivity index (χ0v) is 47.7. The molecule has 0 fully saturated rings. The van der Waals surface area contributed by atoms with Crippen LogP contribution in [0.5, 0.6) is 0 Å². The van der Waals surface area contributed by atoms with Gasteiger partial charge in [0.1, 0.15) is 11.5 Å². The molecule has 0 spiro atoms. The summed E-state index contributed by atoms with van der Waals surface area (Å²) < 4.78 is 89.8. The number of nitrogens with two attached hydrogens (primary N) is 1. The largest absolute Gasteiger partial charge is 0.519 e. The molecule has 0 saturated carbocycles. The Balaban J connectivity index is 0.000000368. The molecule has 87 heavy (non-hydrogen) atoms. The number of nitrogens with one attached hydrogen (secondary N) is 3. The second-order valence-corrected chi connectivity index (χ2v) is 17.8. The highest BCUT2D eigenvalue weighted by molar-refractivity contribution is 5.71. The Kier molecular flexibility index (Phi) is 27.7. The van der Waals surface area contributed by atoms with Crippen molar-refractivity contribution in [1.29, 1.82) is 0 Å². The number of esters is 1. The minimum atomic E-state index is -0.950. The van der Waals surface area contributed by atoms with Crippen LogP contribution in [0.15, 0.2) is 103 Å². The van der Waals surface area contributed by atoms with Crippen molar-refractivity contribution in [2.75, 3.05) is 85.2 Å². The summed E-state index contributed by atoms with van der Waals surface area (Å²) in [7, 11) is 0. The number of hydrogen-bond acceptors (Lipinski definition) is 30. The summed E-state index contributed by atoms with van der Waals surface area (Å²) in [5.41, 5.74) is 5.66. The SMILES string of the molecule is C.C=C1OC(C)=C(COC(=O)CCCNCCN(CCNC(=O)OCc2oc(=O)oc2C)C(=O)OCc2oc(=O)oc2C)O1.C=C1OC(C)=C(COC(=O)N(CCN)CCN(CCNC(=O)OCc2oc(=O)oc2C)C(=O)OCc2oc(=O)oc2C)O1. The summed E-state index contributed by atoms with van der Waals surface area (Å²) in [5.74, 6) is -1.53. The Labute approximate surface area is 493 Å². The molecule has 0 aliphatic carbocycles. The maximum Gasteiger partial charge on any atom is 0.519 e. The van der Waals surface area contributed by atoms with Gasteiger partial charge in [-0.3, -0.25) is 4.79 Å². The van der Waals surface area contributed by atoms with Gasteiger partial charge < -0.3 is 119 Å². The number of carbonyl (C=O) groups is 6. The van der Waals surface area contributed by atoms with Crippen LogP contribution in [-0.2, 0) is 78.6 Å². The van der Waals surface area contributed by atoms with Gasteiger partial charge >= 0.3 is 59.7 Å². The van der Waals surface area contributed by atoms with E-state index >= 15 is 0 Å². The van der Waals surface area contributed by atoms with Gasteiger partial charge in [-0.05, 0) is 67.7 Å². The Hall–Kier alpha value is -10.1. The highest BCUT2D eigenvalue weighted by atomic mass is 16.7. The summed E-state index contributed by atoms with van der Waals surface area (Å²) in [6.45, 7) is 15.4. The first-order chi connectivity index (χ1) is 41.0. The molecule has 0 atom stereocenters. The Morgan fingerprint density at radius 1 is 0.437 bits per heavy atom. The number of nitrogens with zero attached hydrogens (tertiary/aromatic N) is 3. The van der Waals surface area contributed by atoms with Crippen LogP contribution in [0.3, 0.4) is 0 Å². The van der Waals surface area contributed by atoms with Crippen LogP contribution < -0.4 is 45.0 Å². The smallest absolute Gasteiger partial charge is 0.457 e. The maximum absolute atomic E-state index is 12.9. The third-order valence-electron chi connectivity index (χ3n) is 11.6. The van der Waals surface area contributed by atoms with E-state index < -0.39 is 66.3 Å². The van der Waals surface area contributed by atoms with Crippen molar-refractivity contribution >= 4 is 36.4 Å². The first-order valence-electron chi connectivity index (χ1n) is 26.0. The van der Waals surface area contributed by atoms with Crippen molar-refractivity contribution in [2.45, 2.75) is 88.2 Å². The summed E-state index contributed by atoms with van der Waals surface area (Å²) >= 11 is 0.